The Bertz CT molecular complexity index is 730. The SMILES string of the molecule is CC(C)(C)n1c2ccccc2c2ccc(N)cc21. The Labute approximate surface area is 107 Å². The standard InChI is InChI=1S/C16H18N2/c1-16(2,3)18-14-7-5-4-6-12(14)13-9-8-11(17)10-15(13)18/h4-10H,17H2,1-3H3. The van der Waals surface area contributed by atoms with Crippen LogP contribution in [0.25, 0.3) is 21.8 Å². The van der Waals surface area contributed by atoms with E-state index in [1.807, 2.05) is 6.07 Å². The quantitative estimate of drug-likeness (QED) is 0.586. The molecule has 0 aliphatic heterocycles. The summed E-state index contributed by atoms with van der Waals surface area (Å²) in [4.78, 5) is 0. The van der Waals surface area contributed by atoms with Crippen LogP contribution in [0.4, 0.5) is 5.69 Å². The van der Waals surface area contributed by atoms with Crippen LogP contribution in [0.3, 0.4) is 0 Å². The average Bonchev–Trinajstić information content (AvgIpc) is 2.61. The Morgan fingerprint density at radius 3 is 2.28 bits per heavy atom. The summed E-state index contributed by atoms with van der Waals surface area (Å²) in [5.74, 6) is 0. The highest BCUT2D eigenvalue weighted by molar-refractivity contribution is 6.08. The van der Waals surface area contributed by atoms with E-state index in [2.05, 4.69) is 61.7 Å². The summed E-state index contributed by atoms with van der Waals surface area (Å²) < 4.78 is 2.37. The lowest BCUT2D eigenvalue weighted by atomic mass is 10.1. The second-order valence-electron chi connectivity index (χ2n) is 5.80. The topological polar surface area (TPSA) is 30.9 Å². The van der Waals surface area contributed by atoms with Gasteiger partial charge in [-0.3, -0.25) is 0 Å². The molecule has 0 fully saturated rings. The van der Waals surface area contributed by atoms with Gasteiger partial charge >= 0.3 is 0 Å². The van der Waals surface area contributed by atoms with Crippen LogP contribution in [0.2, 0.25) is 0 Å². The van der Waals surface area contributed by atoms with E-state index in [-0.39, 0.29) is 5.54 Å². The van der Waals surface area contributed by atoms with Gasteiger partial charge in [0.15, 0.2) is 0 Å². The third-order valence-electron chi connectivity index (χ3n) is 3.37. The molecule has 2 aromatic carbocycles. The highest BCUT2D eigenvalue weighted by Gasteiger charge is 2.19. The van der Waals surface area contributed by atoms with Crippen molar-refractivity contribution in [2.75, 3.05) is 5.73 Å². The van der Waals surface area contributed by atoms with Gasteiger partial charge in [-0.2, -0.15) is 0 Å². The zero-order valence-electron chi connectivity index (χ0n) is 11.1. The molecule has 2 heteroatoms. The minimum Gasteiger partial charge on any atom is -0.399 e. The maximum absolute atomic E-state index is 5.94. The maximum atomic E-state index is 5.94. The molecule has 3 rings (SSSR count). The Kier molecular flexibility index (Phi) is 2.18. The Hall–Kier alpha value is -1.96. The Morgan fingerprint density at radius 1 is 0.889 bits per heavy atom. The summed E-state index contributed by atoms with van der Waals surface area (Å²) in [5, 5.41) is 2.57. The number of benzene rings is 2. The number of hydrogen-bond acceptors (Lipinski definition) is 1. The molecule has 1 aromatic heterocycles. The minimum absolute atomic E-state index is 0.0369. The van der Waals surface area contributed by atoms with E-state index < -0.39 is 0 Å². The van der Waals surface area contributed by atoms with E-state index in [0.717, 1.165) is 5.69 Å². The van der Waals surface area contributed by atoms with Crippen LogP contribution in [0, 0.1) is 0 Å². The summed E-state index contributed by atoms with van der Waals surface area (Å²) in [6, 6.07) is 14.7. The third kappa shape index (κ3) is 1.49. The third-order valence-corrected chi connectivity index (χ3v) is 3.37. The molecule has 0 aliphatic carbocycles. The number of rotatable bonds is 0. The fourth-order valence-electron chi connectivity index (χ4n) is 2.71. The van der Waals surface area contributed by atoms with Crippen molar-refractivity contribution in [3.63, 3.8) is 0 Å². The zero-order chi connectivity index (χ0) is 12.9. The monoisotopic (exact) mass is 238 g/mol. The number of nitrogen functional groups attached to an aromatic ring is 1. The predicted octanol–water partition coefficient (Wildman–Crippen LogP) is 4.13. The molecule has 0 saturated carbocycles. The highest BCUT2D eigenvalue weighted by atomic mass is 15.0. The van der Waals surface area contributed by atoms with E-state index in [9.17, 15) is 0 Å². The van der Waals surface area contributed by atoms with Crippen LogP contribution in [-0.2, 0) is 5.54 Å². The summed E-state index contributed by atoms with van der Waals surface area (Å²) in [6.45, 7) is 6.67. The predicted molar refractivity (Wildman–Crippen MR) is 78.9 cm³/mol. The molecule has 0 amide bonds. The summed E-state index contributed by atoms with van der Waals surface area (Å²) >= 11 is 0. The van der Waals surface area contributed by atoms with Gasteiger partial charge in [-0.15, -0.1) is 0 Å². The molecule has 0 atom stereocenters. The van der Waals surface area contributed by atoms with Gasteiger partial charge in [-0.05, 0) is 39.0 Å². The zero-order valence-corrected chi connectivity index (χ0v) is 11.1. The number of para-hydroxylation sites is 1. The van der Waals surface area contributed by atoms with Crippen LogP contribution in [-0.4, -0.2) is 4.57 Å². The number of aromatic nitrogens is 1. The van der Waals surface area contributed by atoms with Crippen molar-refractivity contribution in [1.29, 1.82) is 0 Å². The average molecular weight is 238 g/mol. The highest BCUT2D eigenvalue weighted by Crippen LogP contribution is 2.34. The summed E-state index contributed by atoms with van der Waals surface area (Å²) in [6.07, 6.45) is 0. The van der Waals surface area contributed by atoms with E-state index in [1.165, 1.54) is 21.8 Å². The van der Waals surface area contributed by atoms with Gasteiger partial charge in [-0.25, -0.2) is 0 Å². The van der Waals surface area contributed by atoms with Crippen molar-refractivity contribution in [3.05, 3.63) is 42.5 Å². The number of nitrogens with two attached hydrogens (primary N) is 1. The Morgan fingerprint density at radius 2 is 1.56 bits per heavy atom. The first-order valence-electron chi connectivity index (χ1n) is 6.27. The van der Waals surface area contributed by atoms with E-state index in [0.29, 0.717) is 0 Å². The number of fused-ring (bicyclic) bond motifs is 3. The number of anilines is 1. The van der Waals surface area contributed by atoms with E-state index in [4.69, 9.17) is 5.73 Å². The lowest BCUT2D eigenvalue weighted by molar-refractivity contribution is 0.423. The molecule has 0 unspecified atom stereocenters. The molecule has 0 aliphatic rings. The largest absolute Gasteiger partial charge is 0.399 e. The lowest BCUT2D eigenvalue weighted by Crippen LogP contribution is -2.21. The van der Waals surface area contributed by atoms with Gasteiger partial charge in [0.1, 0.15) is 0 Å². The molecule has 3 aromatic rings. The molecule has 0 saturated heterocycles. The molecule has 2 nitrogen and oxygen atoms in total. The van der Waals surface area contributed by atoms with E-state index in [1.54, 1.807) is 0 Å². The van der Waals surface area contributed by atoms with Crippen LogP contribution in [0.15, 0.2) is 42.5 Å². The van der Waals surface area contributed by atoms with Crippen LogP contribution in [0.1, 0.15) is 20.8 Å². The first kappa shape index (κ1) is 11.1. The van der Waals surface area contributed by atoms with Crippen LogP contribution >= 0.6 is 0 Å². The lowest BCUT2D eigenvalue weighted by Gasteiger charge is -2.24. The van der Waals surface area contributed by atoms with Gasteiger partial charge < -0.3 is 10.3 Å². The molecule has 0 spiro atoms. The van der Waals surface area contributed by atoms with Gasteiger partial charge in [0, 0.05) is 27.5 Å². The summed E-state index contributed by atoms with van der Waals surface area (Å²) in [5.41, 5.74) is 9.28. The molecule has 1 heterocycles. The van der Waals surface area contributed by atoms with Crippen molar-refractivity contribution in [1.82, 2.24) is 4.57 Å². The molecular weight excluding hydrogens is 220 g/mol. The normalized spacial score (nSPS) is 12.4. The van der Waals surface area contributed by atoms with Crippen molar-refractivity contribution in [2.45, 2.75) is 26.3 Å². The number of hydrogen-bond donors (Lipinski definition) is 1. The smallest absolute Gasteiger partial charge is 0.0517 e. The first-order chi connectivity index (χ1) is 8.48. The molecule has 0 radical (unpaired) electrons. The van der Waals surface area contributed by atoms with Crippen molar-refractivity contribution >= 4 is 27.5 Å². The van der Waals surface area contributed by atoms with Crippen molar-refractivity contribution in [2.24, 2.45) is 0 Å². The van der Waals surface area contributed by atoms with Gasteiger partial charge in [0.2, 0.25) is 0 Å². The van der Waals surface area contributed by atoms with Gasteiger partial charge in [0.25, 0.3) is 0 Å². The first-order valence-corrected chi connectivity index (χ1v) is 6.27. The van der Waals surface area contributed by atoms with Crippen molar-refractivity contribution < 1.29 is 0 Å². The van der Waals surface area contributed by atoms with E-state index >= 15 is 0 Å². The minimum atomic E-state index is 0.0369. The molecular formula is C16H18N2. The second kappa shape index (κ2) is 3.52. The van der Waals surface area contributed by atoms with Crippen LogP contribution in [0.5, 0.6) is 0 Å². The molecule has 0 bridgehead atoms. The van der Waals surface area contributed by atoms with Gasteiger partial charge in [0.05, 0.1) is 5.52 Å². The fourth-order valence-corrected chi connectivity index (χ4v) is 2.71. The van der Waals surface area contributed by atoms with Crippen molar-refractivity contribution in [3.8, 4) is 0 Å². The Balaban J connectivity index is 2.59. The summed E-state index contributed by atoms with van der Waals surface area (Å²) in [7, 11) is 0. The fraction of sp³-hybridized carbons (Fsp3) is 0.250. The van der Waals surface area contributed by atoms with Crippen LogP contribution < -0.4 is 5.73 Å². The van der Waals surface area contributed by atoms with Gasteiger partial charge in [-0.1, -0.05) is 24.3 Å². The number of nitrogens with zero attached hydrogens (tertiary/aromatic N) is 1. The molecule has 92 valence electrons. The molecule has 2 N–H and O–H groups in total. The maximum Gasteiger partial charge on any atom is 0.0517 e. The molecule has 18 heavy (non-hydrogen) atoms. The second-order valence-corrected chi connectivity index (χ2v) is 5.80.